The molecule has 21 heavy (non-hydrogen) atoms. The lowest BCUT2D eigenvalue weighted by molar-refractivity contribution is -0.138. The Morgan fingerprint density at radius 2 is 2.14 bits per heavy atom. The second-order valence-corrected chi connectivity index (χ2v) is 5.51. The number of hydrogen-bond acceptors (Lipinski definition) is 5. The van der Waals surface area contributed by atoms with Crippen LogP contribution in [0.4, 0.5) is 13.2 Å². The molecule has 6 nitrogen and oxygen atoms in total. The number of benzene rings is 1. The highest BCUT2D eigenvalue weighted by atomic mass is 79.9. The van der Waals surface area contributed by atoms with Gasteiger partial charge in [-0.3, -0.25) is 4.79 Å². The molecule has 0 saturated carbocycles. The fourth-order valence-electron chi connectivity index (χ4n) is 1.42. The Balaban J connectivity index is 2.39. The number of carbonyl (C=O) groups is 1. The SMILES string of the molecule is O=C(O)CSc1nnnn1-c1ccc(Br)c(C(F)(F)F)c1. The monoisotopic (exact) mass is 382 g/mol. The molecule has 1 aromatic heterocycles. The molecular weight excluding hydrogens is 377 g/mol. The number of rotatable bonds is 4. The molecule has 1 aromatic carbocycles. The molecule has 0 radical (unpaired) electrons. The highest BCUT2D eigenvalue weighted by Crippen LogP contribution is 2.36. The van der Waals surface area contributed by atoms with Crippen molar-refractivity contribution in [1.82, 2.24) is 20.2 Å². The van der Waals surface area contributed by atoms with Crippen molar-refractivity contribution in [2.45, 2.75) is 11.3 Å². The minimum atomic E-state index is -4.53. The lowest BCUT2D eigenvalue weighted by Crippen LogP contribution is -2.09. The Morgan fingerprint density at radius 1 is 1.43 bits per heavy atom. The summed E-state index contributed by atoms with van der Waals surface area (Å²) < 4.78 is 39.5. The smallest absolute Gasteiger partial charge is 0.417 e. The van der Waals surface area contributed by atoms with Crippen molar-refractivity contribution in [1.29, 1.82) is 0 Å². The van der Waals surface area contributed by atoms with E-state index in [4.69, 9.17) is 5.11 Å². The Labute approximate surface area is 128 Å². The first-order valence-corrected chi connectivity index (χ1v) is 7.07. The number of tetrazole rings is 1. The molecule has 0 atom stereocenters. The first-order valence-electron chi connectivity index (χ1n) is 5.29. The van der Waals surface area contributed by atoms with Gasteiger partial charge in [-0.05, 0) is 28.6 Å². The summed E-state index contributed by atoms with van der Waals surface area (Å²) in [7, 11) is 0. The predicted octanol–water partition coefficient (Wildman–Crippen LogP) is 2.62. The van der Waals surface area contributed by atoms with E-state index in [1.54, 1.807) is 0 Å². The van der Waals surface area contributed by atoms with Crippen LogP contribution in [0.5, 0.6) is 0 Å². The van der Waals surface area contributed by atoms with Gasteiger partial charge in [-0.1, -0.05) is 27.7 Å². The van der Waals surface area contributed by atoms with E-state index in [9.17, 15) is 18.0 Å². The number of hydrogen-bond donors (Lipinski definition) is 1. The molecule has 2 rings (SSSR count). The number of aliphatic carboxylic acids is 1. The van der Waals surface area contributed by atoms with Crippen LogP contribution in [-0.2, 0) is 11.0 Å². The number of halogens is 4. The summed E-state index contributed by atoms with van der Waals surface area (Å²) in [4.78, 5) is 10.5. The largest absolute Gasteiger partial charge is 0.481 e. The minimum absolute atomic E-state index is 0.0865. The fourth-order valence-corrected chi connectivity index (χ4v) is 2.50. The van der Waals surface area contributed by atoms with Crippen LogP contribution in [0.15, 0.2) is 27.8 Å². The van der Waals surface area contributed by atoms with Crippen LogP contribution in [0, 0.1) is 0 Å². The lowest BCUT2D eigenvalue weighted by atomic mass is 10.2. The van der Waals surface area contributed by atoms with Gasteiger partial charge in [0.2, 0.25) is 5.16 Å². The van der Waals surface area contributed by atoms with Crippen molar-refractivity contribution >= 4 is 33.7 Å². The number of alkyl halides is 3. The van der Waals surface area contributed by atoms with Gasteiger partial charge in [-0.15, -0.1) is 5.10 Å². The van der Waals surface area contributed by atoms with E-state index < -0.39 is 17.7 Å². The van der Waals surface area contributed by atoms with Crippen LogP contribution in [0.1, 0.15) is 5.56 Å². The Bertz CT molecular complexity index is 677. The zero-order valence-corrected chi connectivity index (χ0v) is 12.4. The molecule has 1 N–H and O–H groups in total. The van der Waals surface area contributed by atoms with Gasteiger partial charge < -0.3 is 5.11 Å². The molecule has 112 valence electrons. The van der Waals surface area contributed by atoms with Gasteiger partial charge >= 0.3 is 12.1 Å². The van der Waals surface area contributed by atoms with Gasteiger partial charge in [0.25, 0.3) is 0 Å². The number of nitrogens with zero attached hydrogens (tertiary/aromatic N) is 4. The Morgan fingerprint density at radius 3 is 2.76 bits per heavy atom. The molecule has 0 saturated heterocycles. The van der Waals surface area contributed by atoms with Crippen LogP contribution in [0.3, 0.4) is 0 Å². The van der Waals surface area contributed by atoms with Crippen molar-refractivity contribution in [2.75, 3.05) is 5.75 Å². The summed E-state index contributed by atoms with van der Waals surface area (Å²) >= 11 is 3.64. The minimum Gasteiger partial charge on any atom is -0.481 e. The second-order valence-electron chi connectivity index (χ2n) is 3.72. The lowest BCUT2D eigenvalue weighted by Gasteiger charge is -2.11. The predicted molar refractivity (Wildman–Crippen MR) is 70.2 cm³/mol. The van der Waals surface area contributed by atoms with E-state index in [0.29, 0.717) is 0 Å². The van der Waals surface area contributed by atoms with Crippen LogP contribution in [0.2, 0.25) is 0 Å². The second kappa shape index (κ2) is 6.02. The highest BCUT2D eigenvalue weighted by molar-refractivity contribution is 9.10. The normalized spacial score (nSPS) is 11.6. The van der Waals surface area contributed by atoms with Gasteiger partial charge in [-0.2, -0.15) is 17.9 Å². The number of carboxylic acid groups (broad SMARTS) is 1. The van der Waals surface area contributed by atoms with E-state index >= 15 is 0 Å². The van der Waals surface area contributed by atoms with Crippen LogP contribution >= 0.6 is 27.7 Å². The molecule has 0 fully saturated rings. The summed E-state index contributed by atoms with van der Waals surface area (Å²) in [6, 6.07) is 3.50. The van der Waals surface area contributed by atoms with Crippen molar-refractivity contribution in [2.24, 2.45) is 0 Å². The third-order valence-corrected chi connectivity index (χ3v) is 3.86. The summed E-state index contributed by atoms with van der Waals surface area (Å²) in [6.45, 7) is 0. The molecule has 0 spiro atoms. The van der Waals surface area contributed by atoms with Gasteiger partial charge in [-0.25, -0.2) is 0 Å². The zero-order valence-electron chi connectivity index (χ0n) is 10.0. The Hall–Kier alpha value is -1.62. The third-order valence-electron chi connectivity index (χ3n) is 2.27. The van der Waals surface area contributed by atoms with Crippen molar-refractivity contribution in [3.05, 3.63) is 28.2 Å². The number of aromatic nitrogens is 4. The molecule has 0 amide bonds. The maximum atomic E-state index is 12.9. The third kappa shape index (κ3) is 3.73. The van der Waals surface area contributed by atoms with Gasteiger partial charge in [0.05, 0.1) is 17.0 Å². The highest BCUT2D eigenvalue weighted by Gasteiger charge is 2.33. The maximum Gasteiger partial charge on any atom is 0.417 e. The molecule has 2 aromatic rings. The number of thioether (sulfide) groups is 1. The molecule has 0 aliphatic heterocycles. The summed E-state index contributed by atoms with van der Waals surface area (Å²) in [5.41, 5.74) is -0.784. The maximum absolute atomic E-state index is 12.9. The summed E-state index contributed by atoms with van der Waals surface area (Å²) in [5, 5.41) is 19.2. The first kappa shape index (κ1) is 15.8. The number of carboxylic acids is 1. The van der Waals surface area contributed by atoms with E-state index in [1.165, 1.54) is 12.1 Å². The van der Waals surface area contributed by atoms with E-state index in [2.05, 4.69) is 31.5 Å². The molecular formula is C10H6BrF3N4O2S. The fraction of sp³-hybridized carbons (Fsp3) is 0.200. The quantitative estimate of drug-likeness (QED) is 0.818. The van der Waals surface area contributed by atoms with E-state index in [-0.39, 0.29) is 21.1 Å². The van der Waals surface area contributed by atoms with Crippen molar-refractivity contribution in [3.63, 3.8) is 0 Å². The Kier molecular flexibility index (Phi) is 4.52. The van der Waals surface area contributed by atoms with Gasteiger partial charge in [0, 0.05) is 4.47 Å². The molecule has 0 bridgehead atoms. The van der Waals surface area contributed by atoms with Crippen LogP contribution in [-0.4, -0.2) is 37.0 Å². The van der Waals surface area contributed by atoms with Crippen LogP contribution < -0.4 is 0 Å². The standard InChI is InChI=1S/C10H6BrF3N4O2S/c11-7-2-1-5(3-6(7)10(12,13)14)18-9(15-16-17-18)21-4-8(19)20/h1-3H,4H2,(H,19,20). The van der Waals surface area contributed by atoms with Gasteiger partial charge in [0.1, 0.15) is 0 Å². The zero-order chi connectivity index (χ0) is 15.6. The molecule has 0 aliphatic rings. The average molecular weight is 383 g/mol. The molecule has 0 unspecified atom stereocenters. The van der Waals surface area contributed by atoms with E-state index in [1.807, 2.05) is 0 Å². The van der Waals surface area contributed by atoms with Crippen molar-refractivity contribution in [3.8, 4) is 5.69 Å². The van der Waals surface area contributed by atoms with Crippen LogP contribution in [0.25, 0.3) is 5.69 Å². The first-order chi connectivity index (χ1) is 9.79. The summed E-state index contributed by atoms with van der Waals surface area (Å²) in [5.74, 6) is -1.38. The molecule has 11 heteroatoms. The van der Waals surface area contributed by atoms with Gasteiger partial charge in [0.15, 0.2) is 0 Å². The average Bonchev–Trinajstić information content (AvgIpc) is 2.84. The van der Waals surface area contributed by atoms with Crippen molar-refractivity contribution < 1.29 is 23.1 Å². The summed E-state index contributed by atoms with van der Waals surface area (Å²) in [6.07, 6.45) is -4.53. The molecule has 1 heterocycles. The topological polar surface area (TPSA) is 80.9 Å². The molecule has 0 aliphatic carbocycles. The van der Waals surface area contributed by atoms with E-state index in [0.717, 1.165) is 22.5 Å².